The number of amides is 1. The molecule has 25 heavy (non-hydrogen) atoms. The number of halogens is 2. The predicted molar refractivity (Wildman–Crippen MR) is 103 cm³/mol. The van der Waals surface area contributed by atoms with Crippen molar-refractivity contribution < 1.29 is 9.53 Å². The van der Waals surface area contributed by atoms with Crippen LogP contribution in [0.25, 0.3) is 0 Å². The second-order valence-corrected chi connectivity index (χ2v) is 7.23. The van der Waals surface area contributed by atoms with Gasteiger partial charge in [0, 0.05) is 22.7 Å². The Morgan fingerprint density at radius 1 is 1.32 bits per heavy atom. The van der Waals surface area contributed by atoms with E-state index in [2.05, 4.69) is 5.32 Å². The van der Waals surface area contributed by atoms with E-state index in [1.165, 1.54) is 0 Å². The third-order valence-electron chi connectivity index (χ3n) is 4.08. The molecule has 3 N–H and O–H groups in total. The maximum atomic E-state index is 12.5. The summed E-state index contributed by atoms with van der Waals surface area (Å²) in [5.74, 6) is 0.724. The molecule has 0 aromatic heterocycles. The molecule has 0 saturated carbocycles. The molecule has 1 unspecified atom stereocenters. The number of benzene rings is 2. The molecule has 0 saturated heterocycles. The summed E-state index contributed by atoms with van der Waals surface area (Å²) in [6, 6.07) is 12.8. The Labute approximate surface area is 159 Å². The van der Waals surface area contributed by atoms with Crippen molar-refractivity contribution in [3.8, 4) is 5.75 Å². The Morgan fingerprint density at radius 2 is 2.08 bits per heavy atom. The molecule has 1 amide bonds. The number of hydrogen-bond acceptors (Lipinski definition) is 3. The van der Waals surface area contributed by atoms with Crippen molar-refractivity contribution in [2.45, 2.75) is 38.3 Å². The molecule has 2 aromatic rings. The number of nitrogens with one attached hydrogen (secondary N) is 1. The Kier molecular flexibility index (Phi) is 5.86. The monoisotopic (exact) mass is 380 g/mol. The SMILES string of the molecule is CC1(C)CC(NC(=O)Cc2cccc(Cl)c2)c2cc(N)ccc2O1.Cl. The number of anilines is 1. The van der Waals surface area contributed by atoms with Gasteiger partial charge in [-0.1, -0.05) is 23.7 Å². The van der Waals surface area contributed by atoms with Crippen molar-refractivity contribution in [3.63, 3.8) is 0 Å². The van der Waals surface area contributed by atoms with Gasteiger partial charge in [0.15, 0.2) is 0 Å². The van der Waals surface area contributed by atoms with Crippen LogP contribution in [0.3, 0.4) is 0 Å². The van der Waals surface area contributed by atoms with Gasteiger partial charge < -0.3 is 15.8 Å². The Morgan fingerprint density at radius 3 is 2.80 bits per heavy atom. The van der Waals surface area contributed by atoms with E-state index in [1.807, 2.05) is 44.2 Å². The molecule has 0 bridgehead atoms. The van der Waals surface area contributed by atoms with E-state index < -0.39 is 0 Å². The Hall–Kier alpha value is -1.91. The van der Waals surface area contributed by atoms with Gasteiger partial charge in [-0.2, -0.15) is 0 Å². The topological polar surface area (TPSA) is 64.4 Å². The lowest BCUT2D eigenvalue weighted by Gasteiger charge is -2.38. The molecular formula is C19H22Cl2N2O2. The van der Waals surface area contributed by atoms with Crippen LogP contribution in [0.1, 0.15) is 37.4 Å². The fourth-order valence-corrected chi connectivity index (χ4v) is 3.29. The number of hydrogen-bond donors (Lipinski definition) is 2. The van der Waals surface area contributed by atoms with E-state index >= 15 is 0 Å². The second-order valence-electron chi connectivity index (χ2n) is 6.79. The molecule has 0 aliphatic carbocycles. The van der Waals surface area contributed by atoms with Crippen LogP contribution in [-0.2, 0) is 11.2 Å². The minimum atomic E-state index is -0.350. The smallest absolute Gasteiger partial charge is 0.224 e. The number of rotatable bonds is 3. The quantitative estimate of drug-likeness (QED) is 0.779. The van der Waals surface area contributed by atoms with Gasteiger partial charge >= 0.3 is 0 Å². The number of carbonyl (C=O) groups excluding carboxylic acids is 1. The van der Waals surface area contributed by atoms with E-state index in [4.69, 9.17) is 22.1 Å². The minimum Gasteiger partial charge on any atom is -0.487 e. The third kappa shape index (κ3) is 4.80. The summed E-state index contributed by atoms with van der Waals surface area (Å²) in [5, 5.41) is 3.74. The first kappa shape index (κ1) is 19.4. The molecule has 0 radical (unpaired) electrons. The van der Waals surface area contributed by atoms with Gasteiger partial charge in [0.05, 0.1) is 12.5 Å². The highest BCUT2D eigenvalue weighted by atomic mass is 35.5. The van der Waals surface area contributed by atoms with Crippen LogP contribution >= 0.6 is 24.0 Å². The zero-order valence-corrected chi connectivity index (χ0v) is 15.8. The largest absolute Gasteiger partial charge is 0.487 e. The molecule has 6 heteroatoms. The van der Waals surface area contributed by atoms with Gasteiger partial charge in [-0.05, 0) is 49.7 Å². The molecule has 1 aliphatic heterocycles. The van der Waals surface area contributed by atoms with Crippen LogP contribution in [0.5, 0.6) is 5.75 Å². The van der Waals surface area contributed by atoms with Crippen LogP contribution in [0.4, 0.5) is 5.69 Å². The van der Waals surface area contributed by atoms with Crippen molar-refractivity contribution in [2.75, 3.05) is 5.73 Å². The molecular weight excluding hydrogens is 359 g/mol. The lowest BCUT2D eigenvalue weighted by atomic mass is 9.89. The summed E-state index contributed by atoms with van der Waals surface area (Å²) >= 11 is 5.98. The average molecular weight is 381 g/mol. The van der Waals surface area contributed by atoms with Crippen LogP contribution < -0.4 is 15.8 Å². The summed E-state index contributed by atoms with van der Waals surface area (Å²) in [5.41, 5.74) is 8.02. The van der Waals surface area contributed by atoms with E-state index in [0.29, 0.717) is 17.1 Å². The lowest BCUT2D eigenvalue weighted by molar-refractivity contribution is -0.121. The maximum Gasteiger partial charge on any atom is 0.224 e. The minimum absolute atomic E-state index is 0. The molecule has 2 aromatic carbocycles. The molecule has 1 atom stereocenters. The van der Waals surface area contributed by atoms with Crippen LogP contribution in [-0.4, -0.2) is 11.5 Å². The van der Waals surface area contributed by atoms with E-state index in [1.54, 1.807) is 12.1 Å². The van der Waals surface area contributed by atoms with Crippen LogP contribution in [0.2, 0.25) is 5.02 Å². The fraction of sp³-hybridized carbons (Fsp3) is 0.316. The van der Waals surface area contributed by atoms with Crippen molar-refractivity contribution in [2.24, 2.45) is 0 Å². The molecule has 3 rings (SSSR count). The van der Waals surface area contributed by atoms with E-state index in [0.717, 1.165) is 16.9 Å². The van der Waals surface area contributed by atoms with Crippen molar-refractivity contribution in [1.29, 1.82) is 0 Å². The normalized spacial score (nSPS) is 17.6. The molecule has 0 fully saturated rings. The summed E-state index contributed by atoms with van der Waals surface area (Å²) in [6.45, 7) is 4.03. The van der Waals surface area contributed by atoms with E-state index in [9.17, 15) is 4.79 Å². The Balaban J connectivity index is 0.00000225. The fourth-order valence-electron chi connectivity index (χ4n) is 3.08. The first-order valence-electron chi connectivity index (χ1n) is 7.95. The number of nitrogens with two attached hydrogens (primary N) is 1. The highest BCUT2D eigenvalue weighted by molar-refractivity contribution is 6.30. The van der Waals surface area contributed by atoms with Crippen molar-refractivity contribution in [3.05, 3.63) is 58.6 Å². The zero-order valence-electron chi connectivity index (χ0n) is 14.2. The molecule has 0 spiro atoms. The van der Waals surface area contributed by atoms with Gasteiger partial charge in [-0.15, -0.1) is 12.4 Å². The van der Waals surface area contributed by atoms with Gasteiger partial charge in [0.2, 0.25) is 5.91 Å². The third-order valence-corrected chi connectivity index (χ3v) is 4.32. The highest BCUT2D eigenvalue weighted by Gasteiger charge is 2.34. The number of fused-ring (bicyclic) bond motifs is 1. The number of ether oxygens (including phenoxy) is 1. The molecule has 1 aliphatic rings. The van der Waals surface area contributed by atoms with Gasteiger partial charge in [0.1, 0.15) is 11.4 Å². The summed E-state index contributed by atoms with van der Waals surface area (Å²) in [7, 11) is 0. The van der Waals surface area contributed by atoms with Gasteiger partial charge in [-0.25, -0.2) is 0 Å². The molecule has 1 heterocycles. The first-order chi connectivity index (χ1) is 11.3. The standard InChI is InChI=1S/C19H21ClN2O2.ClH/c1-19(2)11-16(15-10-14(21)6-7-17(15)24-19)22-18(23)9-12-4-3-5-13(20)8-12;/h3-8,10,16H,9,11,21H2,1-2H3,(H,22,23);1H. The summed E-state index contributed by atoms with van der Waals surface area (Å²) < 4.78 is 6.00. The average Bonchev–Trinajstić information content (AvgIpc) is 2.47. The molecule has 134 valence electrons. The molecule has 4 nitrogen and oxygen atoms in total. The summed E-state index contributed by atoms with van der Waals surface area (Å²) in [6.07, 6.45) is 0.973. The number of carbonyl (C=O) groups is 1. The van der Waals surface area contributed by atoms with Crippen molar-refractivity contribution in [1.82, 2.24) is 5.32 Å². The lowest BCUT2D eigenvalue weighted by Crippen LogP contribution is -2.41. The van der Waals surface area contributed by atoms with Crippen LogP contribution in [0.15, 0.2) is 42.5 Å². The highest BCUT2D eigenvalue weighted by Crippen LogP contribution is 2.40. The summed E-state index contributed by atoms with van der Waals surface area (Å²) in [4.78, 5) is 12.5. The van der Waals surface area contributed by atoms with Crippen LogP contribution in [0, 0.1) is 0 Å². The predicted octanol–water partition coefficient (Wildman–Crippen LogP) is 4.31. The van der Waals surface area contributed by atoms with Gasteiger partial charge in [-0.3, -0.25) is 4.79 Å². The maximum absolute atomic E-state index is 12.5. The second kappa shape index (κ2) is 7.54. The first-order valence-corrected chi connectivity index (χ1v) is 8.32. The van der Waals surface area contributed by atoms with Crippen molar-refractivity contribution >= 4 is 35.6 Å². The van der Waals surface area contributed by atoms with Gasteiger partial charge in [0.25, 0.3) is 0 Å². The van der Waals surface area contributed by atoms with E-state index in [-0.39, 0.29) is 36.4 Å². The zero-order chi connectivity index (χ0) is 17.3. The number of nitrogen functional groups attached to an aromatic ring is 1. The Bertz CT molecular complexity index is 778.